The molecule has 1 aliphatic heterocycles. The zero-order valence-electron chi connectivity index (χ0n) is 13.5. The molecule has 2 unspecified atom stereocenters. The number of unbranched alkanes of at least 4 members (excludes halogenated alkanes) is 3. The Morgan fingerprint density at radius 3 is 2.80 bits per heavy atom. The van der Waals surface area contributed by atoms with Crippen LogP contribution >= 0.6 is 0 Å². The van der Waals surface area contributed by atoms with Crippen LogP contribution in [0, 0.1) is 6.92 Å². The highest BCUT2D eigenvalue weighted by Crippen LogP contribution is 2.41. The van der Waals surface area contributed by atoms with Crippen molar-refractivity contribution >= 4 is 0 Å². The molecule has 0 bridgehead atoms. The molecule has 0 amide bonds. The smallest absolute Gasteiger partial charge is 0.124 e. The summed E-state index contributed by atoms with van der Waals surface area (Å²) in [4.78, 5) is 0. The summed E-state index contributed by atoms with van der Waals surface area (Å²) in [7, 11) is 2.06. The van der Waals surface area contributed by atoms with Crippen LogP contribution in [0.5, 0.6) is 5.75 Å². The van der Waals surface area contributed by atoms with Gasteiger partial charge in [0, 0.05) is 18.0 Å². The summed E-state index contributed by atoms with van der Waals surface area (Å²) >= 11 is 0. The molecule has 2 rings (SSSR count). The van der Waals surface area contributed by atoms with Crippen LogP contribution in [-0.2, 0) is 0 Å². The Labute approximate surface area is 123 Å². The maximum Gasteiger partial charge on any atom is 0.124 e. The molecule has 0 saturated heterocycles. The topological polar surface area (TPSA) is 21.3 Å². The molecule has 0 saturated carbocycles. The molecular weight excluding hydrogens is 246 g/mol. The second-order valence-electron chi connectivity index (χ2n) is 6.45. The Kier molecular flexibility index (Phi) is 5.09. The fourth-order valence-electron chi connectivity index (χ4n) is 3.22. The lowest BCUT2D eigenvalue weighted by Crippen LogP contribution is -2.41. The van der Waals surface area contributed by atoms with Gasteiger partial charge in [-0.15, -0.1) is 0 Å². The quantitative estimate of drug-likeness (QED) is 0.755. The fraction of sp³-hybridized carbons (Fsp3) is 0.667. The third-order valence-corrected chi connectivity index (χ3v) is 4.44. The summed E-state index contributed by atoms with van der Waals surface area (Å²) in [5, 5.41) is 3.46. The van der Waals surface area contributed by atoms with E-state index >= 15 is 0 Å². The van der Waals surface area contributed by atoms with E-state index in [0.717, 1.165) is 18.6 Å². The largest absolute Gasteiger partial charge is 0.487 e. The lowest BCUT2D eigenvalue weighted by molar-refractivity contribution is 0.0384. The molecular formula is C18H29NO. The average Bonchev–Trinajstić information content (AvgIpc) is 2.43. The zero-order valence-corrected chi connectivity index (χ0v) is 13.5. The van der Waals surface area contributed by atoms with Crippen molar-refractivity contribution in [2.75, 3.05) is 7.05 Å². The number of benzene rings is 1. The highest BCUT2D eigenvalue weighted by molar-refractivity contribution is 5.41. The lowest BCUT2D eigenvalue weighted by atomic mass is 9.84. The van der Waals surface area contributed by atoms with Crippen molar-refractivity contribution in [2.45, 2.75) is 70.9 Å². The summed E-state index contributed by atoms with van der Waals surface area (Å²) < 4.78 is 6.35. The van der Waals surface area contributed by atoms with Crippen molar-refractivity contribution in [3.63, 3.8) is 0 Å². The standard InChI is InChI=1S/C18H29NO/c1-5-6-7-8-11-18(3)13-16(19-4)15-12-14(2)9-10-17(15)20-18/h9-10,12,16,19H,5-8,11,13H2,1-4H3. The van der Waals surface area contributed by atoms with Crippen molar-refractivity contribution < 1.29 is 4.74 Å². The molecule has 1 heterocycles. The molecule has 0 fully saturated rings. The Bertz CT molecular complexity index is 443. The van der Waals surface area contributed by atoms with Crippen LogP contribution in [0.1, 0.15) is 69.5 Å². The number of nitrogens with one attached hydrogen (secondary N) is 1. The third-order valence-electron chi connectivity index (χ3n) is 4.44. The second kappa shape index (κ2) is 6.62. The number of fused-ring (bicyclic) bond motifs is 1. The Morgan fingerprint density at radius 2 is 2.10 bits per heavy atom. The molecule has 2 nitrogen and oxygen atoms in total. The normalized spacial score (nSPS) is 25.1. The highest BCUT2D eigenvalue weighted by Gasteiger charge is 2.36. The van der Waals surface area contributed by atoms with Crippen LogP contribution in [-0.4, -0.2) is 12.6 Å². The first-order chi connectivity index (χ1) is 9.58. The van der Waals surface area contributed by atoms with Gasteiger partial charge in [-0.05, 0) is 39.8 Å². The lowest BCUT2D eigenvalue weighted by Gasteiger charge is -2.40. The van der Waals surface area contributed by atoms with Crippen LogP contribution in [0.4, 0.5) is 0 Å². The van der Waals surface area contributed by atoms with E-state index in [1.807, 2.05) is 0 Å². The first-order valence-corrected chi connectivity index (χ1v) is 8.05. The SMILES string of the molecule is CCCCCCC1(C)CC(NC)c2cc(C)ccc2O1. The number of hydrogen-bond donors (Lipinski definition) is 1. The molecule has 112 valence electrons. The van der Waals surface area contributed by atoms with Gasteiger partial charge in [-0.3, -0.25) is 0 Å². The fourth-order valence-corrected chi connectivity index (χ4v) is 3.22. The Morgan fingerprint density at radius 1 is 1.30 bits per heavy atom. The van der Waals surface area contributed by atoms with E-state index in [0.29, 0.717) is 6.04 Å². The Hall–Kier alpha value is -1.02. The third kappa shape index (κ3) is 3.54. The van der Waals surface area contributed by atoms with Crippen LogP contribution in [0.25, 0.3) is 0 Å². The van der Waals surface area contributed by atoms with Gasteiger partial charge in [0.1, 0.15) is 11.4 Å². The van der Waals surface area contributed by atoms with Crippen molar-refractivity contribution in [3.8, 4) is 5.75 Å². The molecule has 1 aromatic rings. The van der Waals surface area contributed by atoms with Gasteiger partial charge in [-0.25, -0.2) is 0 Å². The monoisotopic (exact) mass is 275 g/mol. The predicted molar refractivity (Wildman–Crippen MR) is 85.4 cm³/mol. The van der Waals surface area contributed by atoms with E-state index in [1.54, 1.807) is 0 Å². The van der Waals surface area contributed by atoms with Gasteiger partial charge in [-0.2, -0.15) is 0 Å². The molecule has 1 N–H and O–H groups in total. The van der Waals surface area contributed by atoms with Crippen LogP contribution in [0.2, 0.25) is 0 Å². The van der Waals surface area contributed by atoms with Gasteiger partial charge in [0.15, 0.2) is 0 Å². The minimum atomic E-state index is -0.0241. The summed E-state index contributed by atoms with van der Waals surface area (Å²) in [6.07, 6.45) is 7.42. The predicted octanol–water partition coefficient (Wildman–Crippen LogP) is 4.77. The summed E-state index contributed by atoms with van der Waals surface area (Å²) in [6.45, 7) is 6.67. The van der Waals surface area contributed by atoms with E-state index < -0.39 is 0 Å². The van der Waals surface area contributed by atoms with Crippen LogP contribution in [0.3, 0.4) is 0 Å². The molecule has 0 aliphatic carbocycles. The molecule has 0 aromatic heterocycles. The van der Waals surface area contributed by atoms with Crippen molar-refractivity contribution in [1.29, 1.82) is 0 Å². The highest BCUT2D eigenvalue weighted by atomic mass is 16.5. The summed E-state index contributed by atoms with van der Waals surface area (Å²) in [6, 6.07) is 6.95. The molecule has 0 spiro atoms. The van der Waals surface area contributed by atoms with E-state index in [9.17, 15) is 0 Å². The van der Waals surface area contributed by atoms with E-state index in [4.69, 9.17) is 4.74 Å². The van der Waals surface area contributed by atoms with Crippen LogP contribution < -0.4 is 10.1 Å². The second-order valence-corrected chi connectivity index (χ2v) is 6.45. The van der Waals surface area contributed by atoms with Gasteiger partial charge in [-0.1, -0.05) is 43.9 Å². The maximum absolute atomic E-state index is 6.35. The van der Waals surface area contributed by atoms with Gasteiger partial charge < -0.3 is 10.1 Å². The average molecular weight is 275 g/mol. The number of hydrogen-bond acceptors (Lipinski definition) is 2. The molecule has 2 heteroatoms. The molecule has 0 radical (unpaired) electrons. The van der Waals surface area contributed by atoms with Gasteiger partial charge in [0.2, 0.25) is 0 Å². The minimum Gasteiger partial charge on any atom is -0.487 e. The number of ether oxygens (including phenoxy) is 1. The van der Waals surface area contributed by atoms with Gasteiger partial charge in [0.05, 0.1) is 0 Å². The first kappa shape index (κ1) is 15.4. The number of aryl methyl sites for hydroxylation is 1. The zero-order chi connectivity index (χ0) is 14.6. The molecule has 2 atom stereocenters. The van der Waals surface area contributed by atoms with E-state index in [2.05, 4.69) is 51.3 Å². The van der Waals surface area contributed by atoms with E-state index in [1.165, 1.54) is 36.8 Å². The van der Waals surface area contributed by atoms with Crippen LogP contribution in [0.15, 0.2) is 18.2 Å². The van der Waals surface area contributed by atoms with Gasteiger partial charge in [0.25, 0.3) is 0 Å². The molecule has 1 aliphatic rings. The van der Waals surface area contributed by atoms with E-state index in [-0.39, 0.29) is 5.60 Å². The first-order valence-electron chi connectivity index (χ1n) is 8.05. The van der Waals surface area contributed by atoms with Gasteiger partial charge >= 0.3 is 0 Å². The molecule has 1 aromatic carbocycles. The minimum absolute atomic E-state index is 0.0241. The van der Waals surface area contributed by atoms with Crippen molar-refractivity contribution in [2.24, 2.45) is 0 Å². The maximum atomic E-state index is 6.35. The van der Waals surface area contributed by atoms with Crippen molar-refractivity contribution in [1.82, 2.24) is 5.32 Å². The molecule has 20 heavy (non-hydrogen) atoms. The Balaban J connectivity index is 2.10. The van der Waals surface area contributed by atoms with Crippen molar-refractivity contribution in [3.05, 3.63) is 29.3 Å². The number of rotatable bonds is 6. The summed E-state index contributed by atoms with van der Waals surface area (Å²) in [5.74, 6) is 1.07. The summed E-state index contributed by atoms with van der Waals surface area (Å²) in [5.41, 5.74) is 2.60.